The number of methoxy groups -OCH3 is 1. The van der Waals surface area contributed by atoms with Gasteiger partial charge in [-0.05, 0) is 13.8 Å². The second kappa shape index (κ2) is 5.16. The smallest absolute Gasteiger partial charge is 0.221 e. The maximum absolute atomic E-state index is 5.93. The van der Waals surface area contributed by atoms with Crippen LogP contribution in [0, 0.1) is 6.92 Å². The molecule has 1 unspecified atom stereocenters. The monoisotopic (exact) mass is 229 g/mol. The van der Waals surface area contributed by atoms with E-state index >= 15 is 0 Å². The average Bonchev–Trinajstić information content (AvgIpc) is 2.17. The maximum Gasteiger partial charge on any atom is 0.221 e. The van der Waals surface area contributed by atoms with E-state index < -0.39 is 0 Å². The van der Waals surface area contributed by atoms with Gasteiger partial charge in [-0.15, -0.1) is 11.6 Å². The lowest BCUT2D eigenvalue weighted by Crippen LogP contribution is -2.26. The zero-order chi connectivity index (χ0) is 11.4. The summed E-state index contributed by atoms with van der Waals surface area (Å²) in [6.45, 7) is 4.62. The van der Waals surface area contributed by atoms with Crippen LogP contribution in [0.4, 0.5) is 5.82 Å². The third kappa shape index (κ3) is 2.96. The minimum atomic E-state index is 0.0790. The summed E-state index contributed by atoms with van der Waals surface area (Å²) in [5.41, 5.74) is 0.930. The zero-order valence-corrected chi connectivity index (χ0v) is 10.2. The Hall–Kier alpha value is -1.03. The summed E-state index contributed by atoms with van der Waals surface area (Å²) >= 11 is 5.93. The van der Waals surface area contributed by atoms with Crippen LogP contribution in [0.15, 0.2) is 6.33 Å². The number of ether oxygens (including phenoxy) is 1. The number of anilines is 1. The molecule has 0 N–H and O–H groups in total. The fraction of sp³-hybridized carbons (Fsp3) is 0.600. The van der Waals surface area contributed by atoms with Crippen molar-refractivity contribution in [3.8, 4) is 5.88 Å². The van der Waals surface area contributed by atoms with Gasteiger partial charge in [0, 0.05) is 19.0 Å². The van der Waals surface area contributed by atoms with Crippen LogP contribution in [0.2, 0.25) is 0 Å². The normalized spacial score (nSPS) is 12.3. The lowest BCUT2D eigenvalue weighted by atomic mass is 10.3. The SMILES string of the molecule is COc1ncnc(N(C)CC(C)Cl)c1C. The summed E-state index contributed by atoms with van der Waals surface area (Å²) in [5, 5.41) is 0.0790. The van der Waals surface area contributed by atoms with Crippen molar-refractivity contribution in [2.24, 2.45) is 0 Å². The Bertz CT molecular complexity index is 330. The number of rotatable bonds is 4. The van der Waals surface area contributed by atoms with E-state index in [0.717, 1.165) is 17.9 Å². The third-order valence-corrected chi connectivity index (χ3v) is 2.23. The van der Waals surface area contributed by atoms with E-state index in [-0.39, 0.29) is 5.38 Å². The molecule has 0 saturated heterocycles. The Balaban J connectivity index is 2.93. The van der Waals surface area contributed by atoms with Gasteiger partial charge in [0.15, 0.2) is 0 Å². The quantitative estimate of drug-likeness (QED) is 0.739. The number of hydrogen-bond donors (Lipinski definition) is 0. The maximum atomic E-state index is 5.93. The largest absolute Gasteiger partial charge is 0.481 e. The van der Waals surface area contributed by atoms with Crippen molar-refractivity contribution in [1.82, 2.24) is 9.97 Å². The summed E-state index contributed by atoms with van der Waals surface area (Å²) in [6.07, 6.45) is 1.50. The molecule has 0 aliphatic carbocycles. The Morgan fingerprint density at radius 3 is 2.73 bits per heavy atom. The van der Waals surface area contributed by atoms with Gasteiger partial charge < -0.3 is 9.64 Å². The number of alkyl halides is 1. The van der Waals surface area contributed by atoms with Crippen molar-refractivity contribution in [2.75, 3.05) is 25.6 Å². The molecular weight excluding hydrogens is 214 g/mol. The Morgan fingerprint density at radius 2 is 2.20 bits per heavy atom. The van der Waals surface area contributed by atoms with Crippen molar-refractivity contribution in [3.63, 3.8) is 0 Å². The van der Waals surface area contributed by atoms with E-state index in [2.05, 4.69) is 9.97 Å². The van der Waals surface area contributed by atoms with Crippen molar-refractivity contribution in [1.29, 1.82) is 0 Å². The molecule has 0 aliphatic heterocycles. The lowest BCUT2D eigenvalue weighted by molar-refractivity contribution is 0.393. The molecule has 1 heterocycles. The number of halogens is 1. The molecule has 1 aromatic heterocycles. The van der Waals surface area contributed by atoms with E-state index in [9.17, 15) is 0 Å². The molecule has 84 valence electrons. The van der Waals surface area contributed by atoms with Crippen molar-refractivity contribution in [2.45, 2.75) is 19.2 Å². The molecule has 4 nitrogen and oxygen atoms in total. The molecule has 0 spiro atoms. The highest BCUT2D eigenvalue weighted by Gasteiger charge is 2.12. The predicted molar refractivity (Wildman–Crippen MR) is 61.9 cm³/mol. The van der Waals surface area contributed by atoms with Crippen LogP contribution in [0.25, 0.3) is 0 Å². The molecule has 0 amide bonds. The van der Waals surface area contributed by atoms with Gasteiger partial charge in [0.05, 0.1) is 12.7 Å². The standard InChI is InChI=1S/C10H16ClN3O/c1-7(11)5-14(3)9-8(2)10(15-4)13-6-12-9/h6-7H,5H2,1-4H3. The van der Waals surface area contributed by atoms with Crippen LogP contribution in [0.3, 0.4) is 0 Å². The molecular formula is C10H16ClN3O. The second-order valence-corrected chi connectivity index (χ2v) is 4.24. The molecule has 1 atom stereocenters. The topological polar surface area (TPSA) is 38.3 Å². The summed E-state index contributed by atoms with van der Waals surface area (Å²) in [5.74, 6) is 1.46. The van der Waals surface area contributed by atoms with E-state index in [1.165, 1.54) is 6.33 Å². The molecule has 0 radical (unpaired) electrons. The summed E-state index contributed by atoms with van der Waals surface area (Å²) < 4.78 is 5.13. The summed E-state index contributed by atoms with van der Waals surface area (Å²) in [6, 6.07) is 0. The second-order valence-electron chi connectivity index (χ2n) is 3.49. The van der Waals surface area contributed by atoms with Crippen LogP contribution in [0.1, 0.15) is 12.5 Å². The molecule has 0 saturated carbocycles. The first kappa shape index (κ1) is 12.0. The van der Waals surface area contributed by atoms with Crippen LogP contribution in [-0.4, -0.2) is 36.0 Å². The van der Waals surface area contributed by atoms with E-state index in [4.69, 9.17) is 16.3 Å². The predicted octanol–water partition coefficient (Wildman–Crippen LogP) is 1.86. The van der Waals surface area contributed by atoms with Gasteiger partial charge in [-0.2, -0.15) is 0 Å². The zero-order valence-electron chi connectivity index (χ0n) is 9.49. The number of nitrogens with zero attached hydrogens (tertiary/aromatic N) is 3. The molecule has 0 aliphatic rings. The minimum Gasteiger partial charge on any atom is -0.481 e. The lowest BCUT2D eigenvalue weighted by Gasteiger charge is -2.21. The van der Waals surface area contributed by atoms with E-state index in [1.807, 2.05) is 25.8 Å². The molecule has 0 fully saturated rings. The molecule has 0 bridgehead atoms. The van der Waals surface area contributed by atoms with Crippen LogP contribution in [-0.2, 0) is 0 Å². The Morgan fingerprint density at radius 1 is 1.53 bits per heavy atom. The highest BCUT2D eigenvalue weighted by atomic mass is 35.5. The summed E-state index contributed by atoms with van der Waals surface area (Å²) in [7, 11) is 3.55. The van der Waals surface area contributed by atoms with Gasteiger partial charge in [-0.1, -0.05) is 0 Å². The van der Waals surface area contributed by atoms with Crippen molar-refractivity contribution in [3.05, 3.63) is 11.9 Å². The van der Waals surface area contributed by atoms with Crippen molar-refractivity contribution < 1.29 is 4.74 Å². The van der Waals surface area contributed by atoms with Gasteiger partial charge in [0.1, 0.15) is 12.1 Å². The third-order valence-electron chi connectivity index (χ3n) is 2.09. The van der Waals surface area contributed by atoms with E-state index in [0.29, 0.717) is 5.88 Å². The molecule has 1 rings (SSSR count). The first-order valence-corrected chi connectivity index (χ1v) is 5.20. The highest BCUT2D eigenvalue weighted by molar-refractivity contribution is 6.20. The van der Waals surface area contributed by atoms with Crippen LogP contribution >= 0.6 is 11.6 Å². The van der Waals surface area contributed by atoms with Crippen LogP contribution < -0.4 is 9.64 Å². The van der Waals surface area contributed by atoms with Crippen molar-refractivity contribution >= 4 is 17.4 Å². The fourth-order valence-corrected chi connectivity index (χ4v) is 1.69. The highest BCUT2D eigenvalue weighted by Crippen LogP contribution is 2.22. The number of aromatic nitrogens is 2. The number of hydrogen-bond acceptors (Lipinski definition) is 4. The fourth-order valence-electron chi connectivity index (χ4n) is 1.48. The molecule has 5 heteroatoms. The first-order valence-electron chi connectivity index (χ1n) is 4.77. The summed E-state index contributed by atoms with van der Waals surface area (Å²) in [4.78, 5) is 10.2. The minimum absolute atomic E-state index is 0.0790. The van der Waals surface area contributed by atoms with Gasteiger partial charge in [0.25, 0.3) is 0 Å². The van der Waals surface area contributed by atoms with E-state index in [1.54, 1.807) is 7.11 Å². The Labute approximate surface area is 95.2 Å². The van der Waals surface area contributed by atoms with Gasteiger partial charge in [-0.3, -0.25) is 0 Å². The Kier molecular flexibility index (Phi) is 4.15. The molecule has 15 heavy (non-hydrogen) atoms. The van der Waals surface area contributed by atoms with Gasteiger partial charge >= 0.3 is 0 Å². The molecule has 0 aromatic carbocycles. The van der Waals surface area contributed by atoms with Gasteiger partial charge in [0.2, 0.25) is 5.88 Å². The molecule has 1 aromatic rings. The van der Waals surface area contributed by atoms with Gasteiger partial charge in [-0.25, -0.2) is 9.97 Å². The average molecular weight is 230 g/mol. The van der Waals surface area contributed by atoms with Crippen LogP contribution in [0.5, 0.6) is 5.88 Å². The first-order chi connectivity index (χ1) is 7.06.